The molecule has 0 fully saturated rings. The molecule has 3 aromatic rings. The molecule has 0 spiro atoms. The number of Topliss-reactive ketones (excluding diaryl/α,β-unsaturated/α-hetero) is 1. The van der Waals surface area contributed by atoms with Gasteiger partial charge in [-0.25, -0.2) is 4.98 Å². The molecule has 158 valence electrons. The lowest BCUT2D eigenvalue weighted by Gasteiger charge is -2.11. The number of hydrogen-bond donors (Lipinski definition) is 0. The van der Waals surface area contributed by atoms with Crippen LogP contribution in [0.1, 0.15) is 41.9 Å². The number of methoxy groups -OCH3 is 1. The highest BCUT2D eigenvalue weighted by atomic mass is 16.5. The topological polar surface area (TPSA) is 70.8 Å². The fraction of sp³-hybridized carbons (Fsp3) is 0.333. The van der Waals surface area contributed by atoms with Crippen LogP contribution in [0, 0.1) is 0 Å². The maximum atomic E-state index is 12.7. The Kier molecular flexibility index (Phi) is 7.63. The van der Waals surface area contributed by atoms with E-state index in [9.17, 15) is 4.79 Å². The number of ketones is 1. The van der Waals surface area contributed by atoms with E-state index < -0.39 is 0 Å². The average Bonchev–Trinajstić information content (AvgIpc) is 3.23. The summed E-state index contributed by atoms with van der Waals surface area (Å²) in [6.45, 7) is 5.36. The second kappa shape index (κ2) is 10.6. The van der Waals surface area contributed by atoms with Gasteiger partial charge in [0.2, 0.25) is 5.89 Å². The zero-order valence-electron chi connectivity index (χ0n) is 17.6. The van der Waals surface area contributed by atoms with Gasteiger partial charge in [-0.3, -0.25) is 4.79 Å². The van der Waals surface area contributed by atoms with Gasteiger partial charge < -0.3 is 18.6 Å². The minimum absolute atomic E-state index is 0.0619. The number of rotatable bonds is 11. The normalized spacial score (nSPS) is 10.8. The number of carbonyl (C=O) groups excluding carboxylic acids is 1. The first-order valence-electron chi connectivity index (χ1n) is 10.1. The summed E-state index contributed by atoms with van der Waals surface area (Å²) in [5.41, 5.74) is 3.11. The van der Waals surface area contributed by atoms with Gasteiger partial charge in [-0.1, -0.05) is 24.3 Å². The molecule has 0 unspecified atom stereocenters. The van der Waals surface area contributed by atoms with Gasteiger partial charge in [-0.15, -0.1) is 0 Å². The monoisotopic (exact) mass is 409 g/mol. The molecule has 0 N–H and O–H groups in total. The Morgan fingerprint density at radius 2 is 1.80 bits per heavy atom. The molecular weight excluding hydrogens is 382 g/mol. The summed E-state index contributed by atoms with van der Waals surface area (Å²) < 4.78 is 22.1. The second-order valence-electron chi connectivity index (χ2n) is 6.68. The third kappa shape index (κ3) is 5.27. The highest BCUT2D eigenvalue weighted by Gasteiger charge is 2.14. The van der Waals surface area contributed by atoms with E-state index in [4.69, 9.17) is 18.6 Å². The largest absolute Gasteiger partial charge is 0.490 e. The van der Waals surface area contributed by atoms with E-state index in [-0.39, 0.29) is 5.78 Å². The number of ether oxygens (including phenoxy) is 3. The van der Waals surface area contributed by atoms with Gasteiger partial charge in [0.15, 0.2) is 17.3 Å². The van der Waals surface area contributed by atoms with E-state index in [0.717, 1.165) is 16.8 Å². The standard InChI is InChI=1S/C24H27NO5/c1-4-28-22-13-10-17(14-23(22)29-5-2)24-25-19(16-30-24)11-12-21(26)20-9-7-6-8-18(20)15-27-3/h6-10,13-14,16H,4-5,11-12,15H2,1-3H3. The lowest BCUT2D eigenvalue weighted by molar-refractivity contribution is 0.0977. The number of benzene rings is 2. The quantitative estimate of drug-likeness (QED) is 0.410. The van der Waals surface area contributed by atoms with E-state index >= 15 is 0 Å². The van der Waals surface area contributed by atoms with Crippen LogP contribution in [0.2, 0.25) is 0 Å². The van der Waals surface area contributed by atoms with Crippen molar-refractivity contribution in [2.24, 2.45) is 0 Å². The summed E-state index contributed by atoms with van der Waals surface area (Å²) >= 11 is 0. The molecule has 6 heteroatoms. The van der Waals surface area contributed by atoms with Crippen molar-refractivity contribution >= 4 is 5.78 Å². The van der Waals surface area contributed by atoms with Gasteiger partial charge in [-0.05, 0) is 37.6 Å². The third-order valence-electron chi connectivity index (χ3n) is 4.57. The van der Waals surface area contributed by atoms with Crippen molar-refractivity contribution in [2.45, 2.75) is 33.3 Å². The van der Waals surface area contributed by atoms with Crippen LogP contribution in [-0.4, -0.2) is 31.1 Å². The van der Waals surface area contributed by atoms with Gasteiger partial charge in [-0.2, -0.15) is 0 Å². The van der Waals surface area contributed by atoms with E-state index in [1.54, 1.807) is 13.4 Å². The lowest BCUT2D eigenvalue weighted by Crippen LogP contribution is -2.06. The van der Waals surface area contributed by atoms with Gasteiger partial charge in [0, 0.05) is 31.1 Å². The number of carbonyl (C=O) groups is 1. The van der Waals surface area contributed by atoms with Crippen LogP contribution in [-0.2, 0) is 17.8 Å². The van der Waals surface area contributed by atoms with Crippen molar-refractivity contribution < 1.29 is 23.4 Å². The van der Waals surface area contributed by atoms with E-state index in [1.807, 2.05) is 56.3 Å². The average molecular weight is 409 g/mol. The first-order chi connectivity index (χ1) is 14.7. The Morgan fingerprint density at radius 1 is 1.03 bits per heavy atom. The first kappa shape index (κ1) is 21.6. The van der Waals surface area contributed by atoms with Gasteiger partial charge in [0.1, 0.15) is 6.26 Å². The number of oxazole rings is 1. The maximum absolute atomic E-state index is 12.7. The van der Waals surface area contributed by atoms with Crippen LogP contribution in [0.5, 0.6) is 11.5 Å². The molecule has 0 radical (unpaired) electrons. The van der Waals surface area contributed by atoms with Gasteiger partial charge in [0.25, 0.3) is 0 Å². The lowest BCUT2D eigenvalue weighted by atomic mass is 10.0. The third-order valence-corrected chi connectivity index (χ3v) is 4.57. The molecule has 0 bridgehead atoms. The Balaban J connectivity index is 1.70. The Labute approximate surface area is 176 Å². The van der Waals surface area contributed by atoms with Crippen molar-refractivity contribution in [1.82, 2.24) is 4.98 Å². The Bertz CT molecular complexity index is 979. The number of aromatic nitrogens is 1. The van der Waals surface area contributed by atoms with Crippen molar-refractivity contribution in [2.75, 3.05) is 20.3 Å². The van der Waals surface area contributed by atoms with Crippen LogP contribution < -0.4 is 9.47 Å². The molecule has 30 heavy (non-hydrogen) atoms. The SMILES string of the molecule is CCOc1ccc(-c2nc(CCC(=O)c3ccccc3COC)co2)cc1OCC. The Hall–Kier alpha value is -3.12. The van der Waals surface area contributed by atoms with Crippen LogP contribution in [0.15, 0.2) is 53.1 Å². The van der Waals surface area contributed by atoms with Crippen molar-refractivity contribution in [3.8, 4) is 23.0 Å². The van der Waals surface area contributed by atoms with Crippen molar-refractivity contribution in [3.63, 3.8) is 0 Å². The smallest absolute Gasteiger partial charge is 0.226 e. The van der Waals surface area contributed by atoms with Gasteiger partial charge >= 0.3 is 0 Å². The predicted molar refractivity (Wildman–Crippen MR) is 114 cm³/mol. The molecule has 1 heterocycles. The minimum atomic E-state index is 0.0619. The van der Waals surface area contributed by atoms with Crippen LogP contribution in [0.4, 0.5) is 0 Å². The van der Waals surface area contributed by atoms with Crippen LogP contribution in [0.3, 0.4) is 0 Å². The van der Waals surface area contributed by atoms with E-state index in [0.29, 0.717) is 55.6 Å². The van der Waals surface area contributed by atoms with Crippen molar-refractivity contribution in [3.05, 3.63) is 65.5 Å². The summed E-state index contributed by atoms with van der Waals surface area (Å²) in [4.78, 5) is 17.2. The zero-order chi connectivity index (χ0) is 21.3. The van der Waals surface area contributed by atoms with Crippen molar-refractivity contribution in [1.29, 1.82) is 0 Å². The first-order valence-corrected chi connectivity index (χ1v) is 10.1. The fourth-order valence-electron chi connectivity index (χ4n) is 3.19. The van der Waals surface area contributed by atoms with Crippen LogP contribution >= 0.6 is 0 Å². The molecular formula is C24H27NO5. The predicted octanol–water partition coefficient (Wildman–Crippen LogP) is 5.10. The molecule has 0 aliphatic carbocycles. The molecule has 0 saturated heterocycles. The summed E-state index contributed by atoms with van der Waals surface area (Å²) in [6, 6.07) is 13.1. The molecule has 0 aliphatic rings. The van der Waals surface area contributed by atoms with Gasteiger partial charge in [0.05, 0.1) is 25.5 Å². The Morgan fingerprint density at radius 3 is 2.57 bits per heavy atom. The number of aryl methyl sites for hydroxylation is 1. The zero-order valence-corrected chi connectivity index (χ0v) is 17.6. The molecule has 6 nitrogen and oxygen atoms in total. The second-order valence-corrected chi connectivity index (χ2v) is 6.68. The molecule has 1 aromatic heterocycles. The number of nitrogens with zero attached hydrogens (tertiary/aromatic N) is 1. The highest BCUT2D eigenvalue weighted by molar-refractivity contribution is 5.97. The molecule has 0 aliphatic heterocycles. The van der Waals surface area contributed by atoms with E-state index in [1.165, 1.54) is 0 Å². The highest BCUT2D eigenvalue weighted by Crippen LogP contribution is 2.32. The minimum Gasteiger partial charge on any atom is -0.490 e. The molecule has 0 amide bonds. The molecule has 2 aromatic carbocycles. The summed E-state index contributed by atoms with van der Waals surface area (Å²) in [5, 5.41) is 0. The molecule has 3 rings (SSSR count). The molecule has 0 saturated carbocycles. The number of hydrogen-bond acceptors (Lipinski definition) is 6. The van der Waals surface area contributed by atoms with E-state index in [2.05, 4.69) is 4.98 Å². The summed E-state index contributed by atoms with van der Waals surface area (Å²) in [5.74, 6) is 1.89. The van der Waals surface area contributed by atoms with Crippen LogP contribution in [0.25, 0.3) is 11.5 Å². The molecule has 0 atom stereocenters. The fourth-order valence-corrected chi connectivity index (χ4v) is 3.19. The maximum Gasteiger partial charge on any atom is 0.226 e. The summed E-state index contributed by atoms with van der Waals surface area (Å²) in [6.07, 6.45) is 2.44. The summed E-state index contributed by atoms with van der Waals surface area (Å²) in [7, 11) is 1.62.